The lowest BCUT2D eigenvalue weighted by atomic mass is 9.90. The second kappa shape index (κ2) is 8.33. The van der Waals surface area contributed by atoms with E-state index in [1.807, 2.05) is 18.7 Å². The molecule has 0 fully saturated rings. The molecule has 0 amide bonds. The van der Waals surface area contributed by atoms with Gasteiger partial charge in [-0.2, -0.15) is 0 Å². The van der Waals surface area contributed by atoms with E-state index < -0.39 is 0 Å². The van der Waals surface area contributed by atoms with Gasteiger partial charge in [0.25, 0.3) is 0 Å². The van der Waals surface area contributed by atoms with Gasteiger partial charge in [-0.3, -0.25) is 4.90 Å². The average molecular weight is 266 g/mol. The normalized spacial score (nSPS) is 12.3. The fraction of sp³-hybridized carbons (Fsp3) is 0.800. The summed E-state index contributed by atoms with van der Waals surface area (Å²) in [5.41, 5.74) is 6.25. The van der Waals surface area contributed by atoms with Gasteiger partial charge in [-0.15, -0.1) is 0 Å². The number of hydrogen-bond donors (Lipinski definition) is 1. The molecule has 0 spiro atoms. The van der Waals surface area contributed by atoms with Gasteiger partial charge in [0.2, 0.25) is 0 Å². The number of hydrogen-bond acceptors (Lipinski definition) is 3. The molecule has 0 aliphatic heterocycles. The molecule has 0 aromatic carbocycles. The van der Waals surface area contributed by atoms with Crippen LogP contribution in [-0.2, 0) is 6.54 Å². The van der Waals surface area contributed by atoms with Gasteiger partial charge in [0, 0.05) is 37.6 Å². The lowest BCUT2D eigenvalue weighted by Gasteiger charge is -2.42. The number of aromatic nitrogens is 2. The van der Waals surface area contributed by atoms with E-state index in [1.165, 1.54) is 6.42 Å². The first kappa shape index (κ1) is 16.2. The summed E-state index contributed by atoms with van der Waals surface area (Å²) < 4.78 is 2.14. The molecular weight excluding hydrogens is 236 g/mol. The highest BCUT2D eigenvalue weighted by Gasteiger charge is 2.30. The summed E-state index contributed by atoms with van der Waals surface area (Å²) in [6.45, 7) is 10.8. The SMILES string of the molecule is CCCN(CCCn1ccnc1)C(CC)(CC)CN. The molecule has 0 aliphatic carbocycles. The molecular formula is C15H30N4. The van der Waals surface area contributed by atoms with Crippen molar-refractivity contribution < 1.29 is 0 Å². The summed E-state index contributed by atoms with van der Waals surface area (Å²) in [4.78, 5) is 6.68. The lowest BCUT2D eigenvalue weighted by molar-refractivity contribution is 0.0819. The summed E-state index contributed by atoms with van der Waals surface area (Å²) in [7, 11) is 0. The lowest BCUT2D eigenvalue weighted by Crippen LogP contribution is -2.53. The standard InChI is InChI=1S/C15H30N4/c1-4-9-19(15(5-2,6-3)13-16)11-7-10-18-12-8-17-14-18/h8,12,14H,4-7,9-11,13,16H2,1-3H3. The van der Waals surface area contributed by atoms with Crippen molar-refractivity contribution in [3.8, 4) is 0 Å². The Labute approximate surface area is 118 Å². The molecule has 0 saturated carbocycles. The summed E-state index contributed by atoms with van der Waals surface area (Å²) >= 11 is 0. The van der Waals surface area contributed by atoms with E-state index in [2.05, 4.69) is 35.2 Å². The monoisotopic (exact) mass is 266 g/mol. The van der Waals surface area contributed by atoms with Crippen molar-refractivity contribution in [1.29, 1.82) is 0 Å². The molecule has 0 saturated heterocycles. The van der Waals surface area contributed by atoms with E-state index in [-0.39, 0.29) is 5.54 Å². The fourth-order valence-corrected chi connectivity index (χ4v) is 2.83. The van der Waals surface area contributed by atoms with Crippen LogP contribution in [0.5, 0.6) is 0 Å². The predicted molar refractivity (Wildman–Crippen MR) is 81.1 cm³/mol. The zero-order valence-corrected chi connectivity index (χ0v) is 12.8. The molecule has 1 aromatic heterocycles. The predicted octanol–water partition coefficient (Wildman–Crippen LogP) is 2.50. The molecule has 1 aromatic rings. The van der Waals surface area contributed by atoms with Crippen molar-refractivity contribution in [3.63, 3.8) is 0 Å². The molecule has 4 nitrogen and oxygen atoms in total. The highest BCUT2D eigenvalue weighted by Crippen LogP contribution is 2.23. The van der Waals surface area contributed by atoms with Crippen molar-refractivity contribution in [3.05, 3.63) is 18.7 Å². The van der Waals surface area contributed by atoms with Crippen LogP contribution in [0.3, 0.4) is 0 Å². The molecule has 0 aliphatic rings. The molecule has 110 valence electrons. The van der Waals surface area contributed by atoms with Crippen molar-refractivity contribution in [2.75, 3.05) is 19.6 Å². The van der Waals surface area contributed by atoms with Gasteiger partial charge in [-0.25, -0.2) is 4.98 Å². The molecule has 4 heteroatoms. The largest absolute Gasteiger partial charge is 0.337 e. The van der Waals surface area contributed by atoms with Crippen LogP contribution in [0.4, 0.5) is 0 Å². The Morgan fingerprint density at radius 1 is 1.21 bits per heavy atom. The van der Waals surface area contributed by atoms with E-state index in [1.54, 1.807) is 0 Å². The van der Waals surface area contributed by atoms with Crippen LogP contribution < -0.4 is 5.73 Å². The van der Waals surface area contributed by atoms with E-state index in [9.17, 15) is 0 Å². The number of rotatable bonds is 10. The Kier molecular flexibility index (Phi) is 7.10. The number of nitrogens with zero attached hydrogens (tertiary/aromatic N) is 3. The summed E-state index contributed by atoms with van der Waals surface area (Å²) in [5, 5.41) is 0. The van der Waals surface area contributed by atoms with Crippen molar-refractivity contribution in [1.82, 2.24) is 14.5 Å². The van der Waals surface area contributed by atoms with Gasteiger partial charge in [0.15, 0.2) is 0 Å². The van der Waals surface area contributed by atoms with E-state index in [4.69, 9.17) is 5.73 Å². The fourth-order valence-electron chi connectivity index (χ4n) is 2.83. The van der Waals surface area contributed by atoms with Crippen LogP contribution in [0, 0.1) is 0 Å². The Morgan fingerprint density at radius 2 is 1.95 bits per heavy atom. The van der Waals surface area contributed by atoms with Crippen molar-refractivity contribution >= 4 is 0 Å². The topological polar surface area (TPSA) is 47.1 Å². The first-order valence-electron chi connectivity index (χ1n) is 7.63. The van der Waals surface area contributed by atoms with Crippen LogP contribution in [0.2, 0.25) is 0 Å². The smallest absolute Gasteiger partial charge is 0.0945 e. The number of nitrogens with two attached hydrogens (primary N) is 1. The summed E-state index contributed by atoms with van der Waals surface area (Å²) in [6.07, 6.45) is 10.4. The van der Waals surface area contributed by atoms with Gasteiger partial charge >= 0.3 is 0 Å². The minimum absolute atomic E-state index is 0.185. The first-order valence-corrected chi connectivity index (χ1v) is 7.63. The van der Waals surface area contributed by atoms with E-state index in [0.717, 1.165) is 45.4 Å². The van der Waals surface area contributed by atoms with Crippen LogP contribution in [0.15, 0.2) is 18.7 Å². The third kappa shape index (κ3) is 4.32. The number of imidazole rings is 1. The molecule has 1 heterocycles. The van der Waals surface area contributed by atoms with Crippen LogP contribution in [0.1, 0.15) is 46.5 Å². The van der Waals surface area contributed by atoms with E-state index >= 15 is 0 Å². The molecule has 2 N–H and O–H groups in total. The Balaban J connectivity index is 2.55. The van der Waals surface area contributed by atoms with E-state index in [0.29, 0.717) is 0 Å². The van der Waals surface area contributed by atoms with Gasteiger partial charge in [0.1, 0.15) is 0 Å². The van der Waals surface area contributed by atoms with Crippen molar-refractivity contribution in [2.45, 2.75) is 58.5 Å². The minimum atomic E-state index is 0.185. The highest BCUT2D eigenvalue weighted by molar-refractivity contribution is 4.89. The van der Waals surface area contributed by atoms with Crippen LogP contribution in [-0.4, -0.2) is 39.6 Å². The molecule has 1 rings (SSSR count). The van der Waals surface area contributed by atoms with Crippen molar-refractivity contribution in [2.24, 2.45) is 5.73 Å². The zero-order chi connectivity index (χ0) is 14.1. The second-order valence-corrected chi connectivity index (χ2v) is 5.28. The average Bonchev–Trinajstić information content (AvgIpc) is 2.94. The second-order valence-electron chi connectivity index (χ2n) is 5.28. The Bertz CT molecular complexity index is 309. The van der Waals surface area contributed by atoms with Crippen LogP contribution >= 0.6 is 0 Å². The van der Waals surface area contributed by atoms with Crippen LogP contribution in [0.25, 0.3) is 0 Å². The Morgan fingerprint density at radius 3 is 2.42 bits per heavy atom. The van der Waals surface area contributed by atoms with Gasteiger partial charge in [-0.1, -0.05) is 20.8 Å². The molecule has 0 atom stereocenters. The van der Waals surface area contributed by atoms with Gasteiger partial charge in [-0.05, 0) is 32.2 Å². The third-order valence-corrected chi connectivity index (χ3v) is 4.26. The third-order valence-electron chi connectivity index (χ3n) is 4.26. The zero-order valence-electron chi connectivity index (χ0n) is 12.8. The summed E-state index contributed by atoms with van der Waals surface area (Å²) in [6, 6.07) is 0. The Hall–Kier alpha value is -0.870. The molecule has 19 heavy (non-hydrogen) atoms. The number of aryl methyl sites for hydroxylation is 1. The minimum Gasteiger partial charge on any atom is -0.337 e. The maximum Gasteiger partial charge on any atom is 0.0945 e. The highest BCUT2D eigenvalue weighted by atomic mass is 15.2. The maximum absolute atomic E-state index is 6.07. The summed E-state index contributed by atoms with van der Waals surface area (Å²) in [5.74, 6) is 0. The van der Waals surface area contributed by atoms with Gasteiger partial charge < -0.3 is 10.3 Å². The first-order chi connectivity index (χ1) is 9.22. The maximum atomic E-state index is 6.07. The molecule has 0 bridgehead atoms. The van der Waals surface area contributed by atoms with Gasteiger partial charge in [0.05, 0.1) is 6.33 Å². The molecule has 0 unspecified atom stereocenters. The quantitative estimate of drug-likeness (QED) is 0.708. The molecule has 0 radical (unpaired) electrons.